The molecule has 2 rings (SSSR count). The second-order valence-corrected chi connectivity index (χ2v) is 5.26. The SMILES string of the molecule is CC(Oc1ccc(-c2ncc(Br)cn2)cc1O)C(=O)Cl. The van der Waals surface area contributed by atoms with Crippen LogP contribution in [0.4, 0.5) is 0 Å². The van der Waals surface area contributed by atoms with E-state index >= 15 is 0 Å². The predicted octanol–water partition coefficient (Wildman–Crippen LogP) is 3.14. The van der Waals surface area contributed by atoms with Crippen LogP contribution in [-0.4, -0.2) is 26.4 Å². The van der Waals surface area contributed by atoms with Crippen LogP contribution >= 0.6 is 27.5 Å². The lowest BCUT2D eigenvalue weighted by atomic mass is 10.2. The molecule has 0 aliphatic heterocycles. The number of phenols is 1. The van der Waals surface area contributed by atoms with Crippen molar-refractivity contribution in [2.45, 2.75) is 13.0 Å². The Morgan fingerprint density at radius 2 is 2.05 bits per heavy atom. The van der Waals surface area contributed by atoms with Crippen molar-refractivity contribution in [3.05, 3.63) is 35.1 Å². The number of benzene rings is 1. The summed E-state index contributed by atoms with van der Waals surface area (Å²) in [4.78, 5) is 19.2. The molecule has 1 heterocycles. The summed E-state index contributed by atoms with van der Waals surface area (Å²) in [7, 11) is 0. The van der Waals surface area contributed by atoms with Gasteiger partial charge >= 0.3 is 0 Å². The minimum absolute atomic E-state index is 0.112. The zero-order valence-corrected chi connectivity index (χ0v) is 12.7. The average Bonchev–Trinajstić information content (AvgIpc) is 2.41. The van der Waals surface area contributed by atoms with Gasteiger partial charge in [-0.25, -0.2) is 9.97 Å². The van der Waals surface area contributed by atoms with Crippen molar-refractivity contribution >= 4 is 32.8 Å². The first-order valence-electron chi connectivity index (χ1n) is 5.64. The van der Waals surface area contributed by atoms with Gasteiger partial charge in [-0.1, -0.05) is 0 Å². The third kappa shape index (κ3) is 3.46. The minimum Gasteiger partial charge on any atom is -0.504 e. The first-order valence-corrected chi connectivity index (χ1v) is 6.81. The Morgan fingerprint density at radius 3 is 2.60 bits per heavy atom. The monoisotopic (exact) mass is 356 g/mol. The molecule has 0 saturated heterocycles. The summed E-state index contributed by atoms with van der Waals surface area (Å²) in [6.07, 6.45) is 2.38. The fourth-order valence-corrected chi connectivity index (χ4v) is 1.70. The first kappa shape index (κ1) is 14.7. The zero-order chi connectivity index (χ0) is 14.7. The molecule has 104 valence electrons. The number of carbonyl (C=O) groups excluding carboxylic acids is 1. The molecule has 1 aromatic carbocycles. The van der Waals surface area contributed by atoms with Crippen molar-refractivity contribution in [3.8, 4) is 22.9 Å². The van der Waals surface area contributed by atoms with Crippen LogP contribution < -0.4 is 4.74 Å². The Kier molecular flexibility index (Phi) is 4.57. The van der Waals surface area contributed by atoms with Crippen LogP contribution in [0.15, 0.2) is 35.1 Å². The number of aromatic nitrogens is 2. The normalized spacial score (nSPS) is 11.9. The molecule has 0 aliphatic carbocycles. The largest absolute Gasteiger partial charge is 0.504 e. The predicted molar refractivity (Wildman–Crippen MR) is 77.8 cm³/mol. The Hall–Kier alpha value is -1.66. The maximum atomic E-state index is 10.9. The van der Waals surface area contributed by atoms with E-state index < -0.39 is 11.3 Å². The van der Waals surface area contributed by atoms with Gasteiger partial charge < -0.3 is 9.84 Å². The molecule has 0 bridgehead atoms. The van der Waals surface area contributed by atoms with E-state index in [1.54, 1.807) is 18.5 Å². The van der Waals surface area contributed by atoms with Gasteiger partial charge in [0.15, 0.2) is 23.4 Å². The zero-order valence-electron chi connectivity index (χ0n) is 10.4. The third-order valence-electron chi connectivity index (χ3n) is 2.46. The van der Waals surface area contributed by atoms with E-state index in [0.29, 0.717) is 11.4 Å². The lowest BCUT2D eigenvalue weighted by Gasteiger charge is -2.12. The van der Waals surface area contributed by atoms with Gasteiger partial charge in [0.1, 0.15) is 0 Å². The van der Waals surface area contributed by atoms with Crippen molar-refractivity contribution in [2.75, 3.05) is 0 Å². The highest BCUT2D eigenvalue weighted by Gasteiger charge is 2.14. The van der Waals surface area contributed by atoms with Gasteiger partial charge in [0, 0.05) is 18.0 Å². The second kappa shape index (κ2) is 6.19. The van der Waals surface area contributed by atoms with E-state index in [-0.39, 0.29) is 11.5 Å². The maximum absolute atomic E-state index is 10.9. The van der Waals surface area contributed by atoms with Gasteiger partial charge in [-0.15, -0.1) is 0 Å². The van der Waals surface area contributed by atoms with Gasteiger partial charge in [-0.3, -0.25) is 4.79 Å². The summed E-state index contributed by atoms with van der Waals surface area (Å²) in [5.74, 6) is 0.530. The summed E-state index contributed by atoms with van der Waals surface area (Å²) in [6.45, 7) is 1.50. The highest BCUT2D eigenvalue weighted by atomic mass is 79.9. The maximum Gasteiger partial charge on any atom is 0.262 e. The average molecular weight is 358 g/mol. The molecule has 0 spiro atoms. The molecular weight excluding hydrogens is 348 g/mol. The Balaban J connectivity index is 2.25. The molecule has 0 fully saturated rings. The van der Waals surface area contributed by atoms with E-state index in [0.717, 1.165) is 4.47 Å². The number of halogens is 2. The lowest BCUT2D eigenvalue weighted by molar-refractivity contribution is -0.117. The van der Waals surface area contributed by atoms with E-state index in [1.165, 1.54) is 19.1 Å². The summed E-state index contributed by atoms with van der Waals surface area (Å²) >= 11 is 8.55. The van der Waals surface area contributed by atoms with Gasteiger partial charge in [-0.05, 0) is 52.7 Å². The number of rotatable bonds is 4. The van der Waals surface area contributed by atoms with Gasteiger partial charge in [0.2, 0.25) is 0 Å². The summed E-state index contributed by atoms with van der Waals surface area (Å²) in [5, 5.41) is 9.26. The van der Waals surface area contributed by atoms with E-state index in [1.807, 2.05) is 0 Å². The molecule has 0 saturated carbocycles. The fourth-order valence-electron chi connectivity index (χ4n) is 1.45. The van der Waals surface area contributed by atoms with Crippen LogP contribution in [0.1, 0.15) is 6.92 Å². The number of carbonyl (C=O) groups is 1. The number of nitrogens with zero attached hydrogens (tertiary/aromatic N) is 2. The molecule has 5 nitrogen and oxygen atoms in total. The van der Waals surface area contributed by atoms with Gasteiger partial charge in [0.05, 0.1) is 4.47 Å². The molecule has 1 N–H and O–H groups in total. The second-order valence-electron chi connectivity index (χ2n) is 3.97. The van der Waals surface area contributed by atoms with Crippen LogP contribution in [0, 0.1) is 0 Å². The molecule has 20 heavy (non-hydrogen) atoms. The number of phenolic OH excluding ortho intramolecular Hbond substituents is 1. The highest BCUT2D eigenvalue weighted by Crippen LogP contribution is 2.31. The molecule has 1 unspecified atom stereocenters. The topological polar surface area (TPSA) is 72.3 Å². The Labute approximate surface area is 128 Å². The minimum atomic E-state index is -0.836. The van der Waals surface area contributed by atoms with E-state index in [2.05, 4.69) is 25.9 Å². The molecule has 0 radical (unpaired) electrons. The van der Waals surface area contributed by atoms with E-state index in [4.69, 9.17) is 16.3 Å². The summed E-state index contributed by atoms with van der Waals surface area (Å²) < 4.78 is 6.00. The Morgan fingerprint density at radius 1 is 1.40 bits per heavy atom. The van der Waals surface area contributed by atoms with Crippen molar-refractivity contribution in [3.63, 3.8) is 0 Å². The van der Waals surface area contributed by atoms with Crippen LogP contribution in [0.25, 0.3) is 11.4 Å². The molecular formula is C13H10BrClN2O3. The Bertz CT molecular complexity index is 634. The molecule has 0 amide bonds. The smallest absolute Gasteiger partial charge is 0.262 e. The van der Waals surface area contributed by atoms with Crippen LogP contribution in [0.5, 0.6) is 11.5 Å². The third-order valence-corrected chi connectivity index (χ3v) is 3.18. The highest BCUT2D eigenvalue weighted by molar-refractivity contribution is 9.10. The van der Waals surface area contributed by atoms with Crippen molar-refractivity contribution in [1.82, 2.24) is 9.97 Å². The molecule has 2 aromatic rings. The van der Waals surface area contributed by atoms with Crippen molar-refractivity contribution in [1.29, 1.82) is 0 Å². The standard InChI is InChI=1S/C13H10BrClN2O3/c1-7(12(15)19)20-11-3-2-8(4-10(11)18)13-16-5-9(14)6-17-13/h2-7,18H,1H3. The molecule has 1 atom stereocenters. The lowest BCUT2D eigenvalue weighted by Crippen LogP contribution is -2.18. The quantitative estimate of drug-likeness (QED) is 0.851. The van der Waals surface area contributed by atoms with Crippen LogP contribution in [0.2, 0.25) is 0 Å². The first-order chi connectivity index (χ1) is 9.47. The molecule has 1 aromatic heterocycles. The summed E-state index contributed by atoms with van der Waals surface area (Å²) in [5.41, 5.74) is 0.632. The molecule has 7 heteroatoms. The summed E-state index contributed by atoms with van der Waals surface area (Å²) in [6, 6.07) is 4.68. The van der Waals surface area contributed by atoms with E-state index in [9.17, 15) is 9.90 Å². The van der Waals surface area contributed by atoms with Crippen molar-refractivity contribution in [2.24, 2.45) is 0 Å². The number of aromatic hydroxyl groups is 1. The van der Waals surface area contributed by atoms with Crippen LogP contribution in [-0.2, 0) is 4.79 Å². The number of hydrogen-bond acceptors (Lipinski definition) is 5. The van der Waals surface area contributed by atoms with Crippen molar-refractivity contribution < 1.29 is 14.6 Å². The van der Waals surface area contributed by atoms with Gasteiger partial charge in [-0.2, -0.15) is 0 Å². The number of hydrogen-bond donors (Lipinski definition) is 1. The molecule has 0 aliphatic rings. The van der Waals surface area contributed by atoms with Gasteiger partial charge in [0.25, 0.3) is 5.24 Å². The number of ether oxygens (including phenoxy) is 1. The van der Waals surface area contributed by atoms with Crippen LogP contribution in [0.3, 0.4) is 0 Å². The fraction of sp³-hybridized carbons (Fsp3) is 0.154.